The van der Waals surface area contributed by atoms with Crippen LogP contribution in [-0.4, -0.2) is 37.2 Å². The van der Waals surface area contributed by atoms with Crippen LogP contribution in [0.4, 0.5) is 0 Å². The molecule has 51 heavy (non-hydrogen) atoms. The molecule has 0 saturated carbocycles. The Morgan fingerprint density at radius 3 is 0.961 bits per heavy atom. The van der Waals surface area contributed by atoms with Crippen molar-refractivity contribution in [2.75, 3.05) is 13.2 Å². The molecular weight excluding hydrogens is 636 g/mol. The first kappa shape index (κ1) is 49.4. The van der Waals surface area contributed by atoms with Gasteiger partial charge in [-0.2, -0.15) is 0 Å². The Morgan fingerprint density at radius 2 is 0.647 bits per heavy atom. The molecule has 6 nitrogen and oxygen atoms in total. The minimum Gasteiger partial charge on any atom is -0.462 e. The third-order valence-corrected chi connectivity index (χ3v) is 9.97. The second kappa shape index (κ2) is 38.1. The van der Waals surface area contributed by atoms with Crippen molar-refractivity contribution in [1.82, 2.24) is 0 Å². The lowest BCUT2D eigenvalue weighted by Crippen LogP contribution is -2.30. The number of hydrogen-bond acceptors (Lipinski definition) is 6. The van der Waals surface area contributed by atoms with Crippen LogP contribution in [0.3, 0.4) is 0 Å². The molecule has 0 heterocycles. The van der Waals surface area contributed by atoms with Gasteiger partial charge < -0.3 is 14.2 Å². The van der Waals surface area contributed by atoms with Gasteiger partial charge in [0.1, 0.15) is 13.2 Å². The number of carbonyl (C=O) groups excluding carboxylic acids is 3. The molecule has 0 fully saturated rings. The average Bonchev–Trinajstić information content (AvgIpc) is 3.09. The lowest BCUT2D eigenvalue weighted by molar-refractivity contribution is -0.167. The maximum absolute atomic E-state index is 12.7. The second-order valence-corrected chi connectivity index (χ2v) is 16.3. The highest BCUT2D eigenvalue weighted by molar-refractivity contribution is 5.71. The summed E-state index contributed by atoms with van der Waals surface area (Å²) < 4.78 is 16.7. The van der Waals surface area contributed by atoms with Crippen molar-refractivity contribution in [3.63, 3.8) is 0 Å². The van der Waals surface area contributed by atoms with Crippen LogP contribution < -0.4 is 0 Å². The summed E-state index contributed by atoms with van der Waals surface area (Å²) in [5, 5.41) is 0. The minimum absolute atomic E-state index is 0.0656. The first-order valence-corrected chi connectivity index (χ1v) is 22.2. The Morgan fingerprint density at radius 1 is 0.373 bits per heavy atom. The molecule has 6 heteroatoms. The van der Waals surface area contributed by atoms with E-state index < -0.39 is 6.10 Å². The number of rotatable bonds is 39. The SMILES string of the molecule is CCCCCCCCCCCCC(=O)OC[C@@H](COC(=O)CCCCCCCCCC(C)C)OC(=O)CCCCCCCCCCCCC(C)C. The highest BCUT2D eigenvalue weighted by atomic mass is 16.6. The maximum atomic E-state index is 12.7. The third kappa shape index (κ3) is 39.5. The van der Waals surface area contributed by atoms with E-state index in [-0.39, 0.29) is 31.1 Å². The molecule has 0 rings (SSSR count). The number of ether oxygens (including phenoxy) is 3. The summed E-state index contributed by atoms with van der Waals surface area (Å²) in [6, 6.07) is 0. The first-order chi connectivity index (χ1) is 24.7. The zero-order chi connectivity index (χ0) is 37.6. The number of esters is 3. The predicted octanol–water partition coefficient (Wildman–Crippen LogP) is 13.8. The van der Waals surface area contributed by atoms with Gasteiger partial charge in [-0.3, -0.25) is 14.4 Å². The molecule has 0 aromatic rings. The van der Waals surface area contributed by atoms with Crippen LogP contribution in [0.1, 0.15) is 240 Å². The molecule has 302 valence electrons. The van der Waals surface area contributed by atoms with Gasteiger partial charge in [-0.25, -0.2) is 0 Å². The summed E-state index contributed by atoms with van der Waals surface area (Å²) in [6.07, 6.45) is 35.2. The minimum atomic E-state index is -0.760. The standard InChI is InChI=1S/C45H86O6/c1-6-7-8-9-10-11-15-20-25-30-35-43(46)49-38-42(39-50-44(47)36-31-26-22-17-19-24-29-34-41(4)5)51-45(48)37-32-27-21-16-13-12-14-18-23-28-33-40(2)3/h40-42H,6-39H2,1-5H3/t42-/m0/s1. The second-order valence-electron chi connectivity index (χ2n) is 16.3. The summed E-state index contributed by atoms with van der Waals surface area (Å²) in [4.78, 5) is 37.6. The van der Waals surface area contributed by atoms with Crippen molar-refractivity contribution < 1.29 is 28.6 Å². The smallest absolute Gasteiger partial charge is 0.306 e. The van der Waals surface area contributed by atoms with Gasteiger partial charge in [0.25, 0.3) is 0 Å². The molecule has 0 aliphatic rings. The molecule has 0 bridgehead atoms. The van der Waals surface area contributed by atoms with Gasteiger partial charge in [-0.15, -0.1) is 0 Å². The van der Waals surface area contributed by atoms with E-state index in [0.29, 0.717) is 19.3 Å². The quantitative estimate of drug-likeness (QED) is 0.0357. The summed E-state index contributed by atoms with van der Waals surface area (Å²) in [5.41, 5.74) is 0. The van der Waals surface area contributed by atoms with Crippen LogP contribution in [0.25, 0.3) is 0 Å². The van der Waals surface area contributed by atoms with Gasteiger partial charge in [0.05, 0.1) is 0 Å². The Hall–Kier alpha value is -1.59. The predicted molar refractivity (Wildman–Crippen MR) is 215 cm³/mol. The number of carbonyl (C=O) groups is 3. The molecule has 0 aromatic carbocycles. The van der Waals surface area contributed by atoms with Gasteiger partial charge in [0.15, 0.2) is 6.10 Å². The van der Waals surface area contributed by atoms with Crippen LogP contribution in [0.5, 0.6) is 0 Å². The topological polar surface area (TPSA) is 78.9 Å². The molecule has 0 saturated heterocycles. The summed E-state index contributed by atoms with van der Waals surface area (Å²) in [6.45, 7) is 11.3. The van der Waals surface area contributed by atoms with Crippen molar-refractivity contribution >= 4 is 17.9 Å². The molecule has 0 aromatic heterocycles. The van der Waals surface area contributed by atoms with Crippen LogP contribution in [0.2, 0.25) is 0 Å². The summed E-state index contributed by atoms with van der Waals surface area (Å²) in [5.74, 6) is 0.735. The largest absolute Gasteiger partial charge is 0.462 e. The van der Waals surface area contributed by atoms with Gasteiger partial charge in [0, 0.05) is 19.3 Å². The molecule has 0 N–H and O–H groups in total. The Balaban J connectivity index is 4.34. The van der Waals surface area contributed by atoms with E-state index in [1.54, 1.807) is 0 Å². The maximum Gasteiger partial charge on any atom is 0.306 e. The van der Waals surface area contributed by atoms with E-state index in [4.69, 9.17) is 14.2 Å². The molecule has 0 amide bonds. The number of hydrogen-bond donors (Lipinski definition) is 0. The van der Waals surface area contributed by atoms with Gasteiger partial charge >= 0.3 is 17.9 Å². The fourth-order valence-corrected chi connectivity index (χ4v) is 6.58. The van der Waals surface area contributed by atoms with E-state index >= 15 is 0 Å². The van der Waals surface area contributed by atoms with Crippen molar-refractivity contribution in [2.24, 2.45) is 11.8 Å². The molecule has 0 aliphatic heterocycles. The van der Waals surface area contributed by atoms with Crippen LogP contribution in [-0.2, 0) is 28.6 Å². The Kier molecular flexibility index (Phi) is 37.0. The van der Waals surface area contributed by atoms with Gasteiger partial charge in [0.2, 0.25) is 0 Å². The molecule has 0 aliphatic carbocycles. The third-order valence-electron chi connectivity index (χ3n) is 9.97. The summed E-state index contributed by atoms with van der Waals surface area (Å²) >= 11 is 0. The molecule has 0 radical (unpaired) electrons. The highest BCUT2D eigenvalue weighted by Crippen LogP contribution is 2.16. The summed E-state index contributed by atoms with van der Waals surface area (Å²) in [7, 11) is 0. The molecule has 0 spiro atoms. The molecule has 1 atom stereocenters. The fraction of sp³-hybridized carbons (Fsp3) is 0.933. The number of unbranched alkanes of at least 4 members (excludes halogenated alkanes) is 24. The monoisotopic (exact) mass is 723 g/mol. The van der Waals surface area contributed by atoms with E-state index in [2.05, 4.69) is 34.6 Å². The van der Waals surface area contributed by atoms with Crippen molar-refractivity contribution in [2.45, 2.75) is 246 Å². The van der Waals surface area contributed by atoms with Crippen molar-refractivity contribution in [3.05, 3.63) is 0 Å². The van der Waals surface area contributed by atoms with Crippen molar-refractivity contribution in [3.8, 4) is 0 Å². The van der Waals surface area contributed by atoms with Gasteiger partial charge in [-0.05, 0) is 31.1 Å². The highest BCUT2D eigenvalue weighted by Gasteiger charge is 2.19. The molecular formula is C45H86O6. The van der Waals surface area contributed by atoms with E-state index in [1.807, 2.05) is 0 Å². The Labute approximate surface area is 317 Å². The van der Waals surface area contributed by atoms with Crippen LogP contribution in [0.15, 0.2) is 0 Å². The van der Waals surface area contributed by atoms with Crippen LogP contribution >= 0.6 is 0 Å². The van der Waals surface area contributed by atoms with Crippen LogP contribution in [0, 0.1) is 11.8 Å². The zero-order valence-corrected chi connectivity index (χ0v) is 34.7. The average molecular weight is 723 g/mol. The zero-order valence-electron chi connectivity index (χ0n) is 34.7. The van der Waals surface area contributed by atoms with Crippen molar-refractivity contribution in [1.29, 1.82) is 0 Å². The fourth-order valence-electron chi connectivity index (χ4n) is 6.58. The van der Waals surface area contributed by atoms with E-state index in [1.165, 1.54) is 128 Å². The lowest BCUT2D eigenvalue weighted by Gasteiger charge is -2.18. The first-order valence-electron chi connectivity index (χ1n) is 22.2. The van der Waals surface area contributed by atoms with Gasteiger partial charge in [-0.1, -0.05) is 202 Å². The van der Waals surface area contributed by atoms with E-state index in [9.17, 15) is 14.4 Å². The lowest BCUT2D eigenvalue weighted by atomic mass is 10.0. The Bertz CT molecular complexity index is 779. The normalized spacial score (nSPS) is 12.1. The molecule has 0 unspecified atom stereocenters. The van der Waals surface area contributed by atoms with E-state index in [0.717, 1.165) is 69.6 Å².